The molecular weight excluding hydrogens is 262 g/mol. The lowest BCUT2D eigenvalue weighted by atomic mass is 10.2. The van der Waals surface area contributed by atoms with Crippen molar-refractivity contribution >= 4 is 17.3 Å². The SMILES string of the molecule is CCOc1cccc(OCc2ccc(N)cc2Cl)c1. The van der Waals surface area contributed by atoms with E-state index in [4.69, 9.17) is 26.8 Å². The van der Waals surface area contributed by atoms with Gasteiger partial charge in [0.05, 0.1) is 6.61 Å². The van der Waals surface area contributed by atoms with Gasteiger partial charge in [0.1, 0.15) is 18.1 Å². The van der Waals surface area contributed by atoms with Crippen LogP contribution in [0.25, 0.3) is 0 Å². The van der Waals surface area contributed by atoms with Crippen LogP contribution in [0.4, 0.5) is 5.69 Å². The largest absolute Gasteiger partial charge is 0.494 e. The van der Waals surface area contributed by atoms with Crippen molar-refractivity contribution in [2.45, 2.75) is 13.5 Å². The van der Waals surface area contributed by atoms with Crippen LogP contribution in [-0.2, 0) is 6.61 Å². The maximum absolute atomic E-state index is 6.09. The Morgan fingerprint density at radius 1 is 1.05 bits per heavy atom. The fourth-order valence-corrected chi connectivity index (χ4v) is 1.91. The Balaban J connectivity index is 2.03. The Labute approximate surface area is 117 Å². The van der Waals surface area contributed by atoms with Gasteiger partial charge in [-0.2, -0.15) is 0 Å². The minimum Gasteiger partial charge on any atom is -0.494 e. The van der Waals surface area contributed by atoms with Crippen molar-refractivity contribution < 1.29 is 9.47 Å². The topological polar surface area (TPSA) is 44.5 Å². The minimum atomic E-state index is 0.398. The first-order chi connectivity index (χ1) is 9.19. The third-order valence-corrected chi connectivity index (χ3v) is 2.94. The summed E-state index contributed by atoms with van der Waals surface area (Å²) in [5.74, 6) is 1.54. The zero-order chi connectivity index (χ0) is 13.7. The molecule has 0 saturated heterocycles. The second-order valence-corrected chi connectivity index (χ2v) is 4.45. The number of anilines is 1. The van der Waals surface area contributed by atoms with E-state index in [1.807, 2.05) is 37.3 Å². The lowest BCUT2D eigenvalue weighted by Crippen LogP contribution is -1.98. The predicted octanol–water partition coefficient (Wildman–Crippen LogP) is 3.90. The Bertz CT molecular complexity index is 558. The number of nitrogens with two attached hydrogens (primary N) is 1. The van der Waals surface area contributed by atoms with Crippen molar-refractivity contribution in [3.05, 3.63) is 53.1 Å². The smallest absolute Gasteiger partial charge is 0.123 e. The second kappa shape index (κ2) is 6.34. The Morgan fingerprint density at radius 3 is 2.47 bits per heavy atom. The molecule has 0 spiro atoms. The highest BCUT2D eigenvalue weighted by atomic mass is 35.5. The quantitative estimate of drug-likeness (QED) is 0.843. The third kappa shape index (κ3) is 3.80. The summed E-state index contributed by atoms with van der Waals surface area (Å²) in [6.45, 7) is 2.98. The van der Waals surface area contributed by atoms with Gasteiger partial charge in [0, 0.05) is 22.3 Å². The summed E-state index contributed by atoms with van der Waals surface area (Å²) in [6.07, 6.45) is 0. The fraction of sp³-hybridized carbons (Fsp3) is 0.200. The first-order valence-corrected chi connectivity index (χ1v) is 6.46. The van der Waals surface area contributed by atoms with Crippen molar-refractivity contribution in [2.75, 3.05) is 12.3 Å². The van der Waals surface area contributed by atoms with E-state index in [1.54, 1.807) is 12.1 Å². The molecule has 0 atom stereocenters. The molecule has 0 aliphatic rings. The van der Waals surface area contributed by atoms with Gasteiger partial charge in [0.25, 0.3) is 0 Å². The molecule has 0 fully saturated rings. The van der Waals surface area contributed by atoms with Gasteiger partial charge in [0.2, 0.25) is 0 Å². The van der Waals surface area contributed by atoms with Crippen LogP contribution in [0.5, 0.6) is 11.5 Å². The molecule has 2 N–H and O–H groups in total. The van der Waals surface area contributed by atoms with Gasteiger partial charge in [-0.1, -0.05) is 23.7 Å². The van der Waals surface area contributed by atoms with Crippen molar-refractivity contribution in [1.29, 1.82) is 0 Å². The van der Waals surface area contributed by atoms with Crippen molar-refractivity contribution in [3.63, 3.8) is 0 Å². The minimum absolute atomic E-state index is 0.398. The molecular formula is C15H16ClNO2. The molecule has 4 heteroatoms. The Morgan fingerprint density at radius 2 is 1.79 bits per heavy atom. The second-order valence-electron chi connectivity index (χ2n) is 4.05. The van der Waals surface area contributed by atoms with E-state index in [0.29, 0.717) is 23.9 Å². The van der Waals surface area contributed by atoms with E-state index in [-0.39, 0.29) is 0 Å². The van der Waals surface area contributed by atoms with Gasteiger partial charge in [-0.05, 0) is 31.2 Å². The Kier molecular flexibility index (Phi) is 4.53. The van der Waals surface area contributed by atoms with Gasteiger partial charge >= 0.3 is 0 Å². The summed E-state index contributed by atoms with van der Waals surface area (Å²) in [6, 6.07) is 12.9. The number of hydrogen-bond donors (Lipinski definition) is 1. The number of rotatable bonds is 5. The van der Waals surface area contributed by atoms with Gasteiger partial charge in [-0.15, -0.1) is 0 Å². The zero-order valence-electron chi connectivity index (χ0n) is 10.7. The van der Waals surface area contributed by atoms with E-state index in [0.717, 1.165) is 17.1 Å². The normalized spacial score (nSPS) is 10.2. The van der Waals surface area contributed by atoms with Crippen LogP contribution in [0, 0.1) is 0 Å². The van der Waals surface area contributed by atoms with Crippen LogP contribution in [0.15, 0.2) is 42.5 Å². The molecule has 100 valence electrons. The standard InChI is InChI=1S/C15H16ClNO2/c1-2-18-13-4-3-5-14(9-13)19-10-11-6-7-12(17)8-15(11)16/h3-9H,2,10,17H2,1H3. The first-order valence-electron chi connectivity index (χ1n) is 6.08. The molecule has 0 unspecified atom stereocenters. The maximum atomic E-state index is 6.09. The van der Waals surface area contributed by atoms with Crippen LogP contribution >= 0.6 is 11.6 Å². The van der Waals surface area contributed by atoms with Crippen LogP contribution in [-0.4, -0.2) is 6.61 Å². The van der Waals surface area contributed by atoms with E-state index < -0.39 is 0 Å². The maximum Gasteiger partial charge on any atom is 0.123 e. The summed E-state index contributed by atoms with van der Waals surface area (Å²) in [5, 5.41) is 0.612. The summed E-state index contributed by atoms with van der Waals surface area (Å²) >= 11 is 6.09. The summed E-state index contributed by atoms with van der Waals surface area (Å²) in [5.41, 5.74) is 7.19. The number of benzene rings is 2. The molecule has 2 rings (SSSR count). The Hall–Kier alpha value is -1.87. The highest BCUT2D eigenvalue weighted by molar-refractivity contribution is 6.31. The lowest BCUT2D eigenvalue weighted by Gasteiger charge is -2.10. The molecule has 2 aromatic rings. The van der Waals surface area contributed by atoms with E-state index in [1.165, 1.54) is 0 Å². The molecule has 0 heterocycles. The van der Waals surface area contributed by atoms with Gasteiger partial charge < -0.3 is 15.2 Å². The van der Waals surface area contributed by atoms with Gasteiger partial charge in [-0.3, -0.25) is 0 Å². The first kappa shape index (κ1) is 13.6. The van der Waals surface area contributed by atoms with Crippen molar-refractivity contribution in [2.24, 2.45) is 0 Å². The third-order valence-electron chi connectivity index (χ3n) is 2.59. The molecule has 0 radical (unpaired) electrons. The van der Waals surface area contributed by atoms with E-state index in [9.17, 15) is 0 Å². The van der Waals surface area contributed by atoms with Crippen LogP contribution in [0.2, 0.25) is 5.02 Å². The van der Waals surface area contributed by atoms with E-state index >= 15 is 0 Å². The zero-order valence-corrected chi connectivity index (χ0v) is 11.5. The van der Waals surface area contributed by atoms with Gasteiger partial charge in [0.15, 0.2) is 0 Å². The van der Waals surface area contributed by atoms with Gasteiger partial charge in [-0.25, -0.2) is 0 Å². The average Bonchev–Trinajstić information content (AvgIpc) is 2.38. The molecule has 0 bridgehead atoms. The fourth-order valence-electron chi connectivity index (χ4n) is 1.66. The highest BCUT2D eigenvalue weighted by Gasteiger charge is 2.03. The van der Waals surface area contributed by atoms with Crippen molar-refractivity contribution in [1.82, 2.24) is 0 Å². The summed E-state index contributed by atoms with van der Waals surface area (Å²) in [4.78, 5) is 0. The highest BCUT2D eigenvalue weighted by Crippen LogP contribution is 2.23. The number of nitrogen functional groups attached to an aromatic ring is 1. The summed E-state index contributed by atoms with van der Waals surface area (Å²) in [7, 11) is 0. The molecule has 0 amide bonds. The molecule has 0 saturated carbocycles. The molecule has 3 nitrogen and oxygen atoms in total. The molecule has 2 aromatic carbocycles. The molecule has 0 aliphatic carbocycles. The van der Waals surface area contributed by atoms with E-state index in [2.05, 4.69) is 0 Å². The van der Waals surface area contributed by atoms with Crippen LogP contribution < -0.4 is 15.2 Å². The lowest BCUT2D eigenvalue weighted by molar-refractivity contribution is 0.299. The number of halogens is 1. The van der Waals surface area contributed by atoms with Crippen molar-refractivity contribution in [3.8, 4) is 11.5 Å². The number of hydrogen-bond acceptors (Lipinski definition) is 3. The predicted molar refractivity (Wildman–Crippen MR) is 77.8 cm³/mol. The number of ether oxygens (including phenoxy) is 2. The monoisotopic (exact) mass is 277 g/mol. The van der Waals surface area contributed by atoms with Crippen LogP contribution in [0.1, 0.15) is 12.5 Å². The molecule has 19 heavy (non-hydrogen) atoms. The average molecular weight is 278 g/mol. The molecule has 0 aliphatic heterocycles. The van der Waals surface area contributed by atoms with Crippen LogP contribution in [0.3, 0.4) is 0 Å². The molecule has 0 aromatic heterocycles. The summed E-state index contributed by atoms with van der Waals surface area (Å²) < 4.78 is 11.1.